The Morgan fingerprint density at radius 3 is 2.71 bits per heavy atom. The second-order valence-corrected chi connectivity index (χ2v) is 5.46. The number of anilines is 3. The molecule has 5 nitrogen and oxygen atoms in total. The van der Waals surface area contributed by atoms with Gasteiger partial charge in [-0.15, -0.1) is 0 Å². The van der Waals surface area contributed by atoms with Gasteiger partial charge in [0.05, 0.1) is 0 Å². The molecule has 1 aromatic heterocycles. The minimum absolute atomic E-state index is 0.735. The Hall–Kier alpha value is -1.85. The molecule has 0 aliphatic rings. The topological polar surface area (TPSA) is 53.1 Å². The van der Waals surface area contributed by atoms with Crippen LogP contribution in [0.15, 0.2) is 30.6 Å². The van der Waals surface area contributed by atoms with E-state index in [1.807, 2.05) is 45.3 Å². The standard InChI is InChI=1S/C15H20ClN5/c1-11-12(16)5-4-6-13(11)20-15-9-14(18-10-19-15)17-7-8-21(2)3/h4-6,9-10H,7-8H2,1-3H3,(H2,17,18,19,20). The van der Waals surface area contributed by atoms with Gasteiger partial charge >= 0.3 is 0 Å². The van der Waals surface area contributed by atoms with Crippen molar-refractivity contribution < 1.29 is 0 Å². The number of nitrogens with zero attached hydrogens (tertiary/aromatic N) is 3. The van der Waals surface area contributed by atoms with Crippen LogP contribution in [0.1, 0.15) is 5.56 Å². The average molecular weight is 306 g/mol. The number of likely N-dealkylation sites (N-methyl/N-ethyl adjacent to an activating group) is 1. The van der Waals surface area contributed by atoms with E-state index in [9.17, 15) is 0 Å². The zero-order valence-electron chi connectivity index (χ0n) is 12.5. The van der Waals surface area contributed by atoms with E-state index in [4.69, 9.17) is 11.6 Å². The maximum Gasteiger partial charge on any atom is 0.135 e. The predicted octanol–water partition coefficient (Wildman–Crippen LogP) is 3.16. The summed E-state index contributed by atoms with van der Waals surface area (Å²) < 4.78 is 0. The molecular weight excluding hydrogens is 286 g/mol. The molecule has 0 unspecified atom stereocenters. The SMILES string of the molecule is Cc1c(Cl)cccc1Nc1cc(NCCN(C)C)ncn1. The summed E-state index contributed by atoms with van der Waals surface area (Å²) in [5.41, 5.74) is 1.94. The molecule has 0 aliphatic heterocycles. The van der Waals surface area contributed by atoms with E-state index in [1.165, 1.54) is 0 Å². The first-order valence-electron chi connectivity index (χ1n) is 6.79. The van der Waals surface area contributed by atoms with Gasteiger partial charge in [0, 0.05) is 29.9 Å². The predicted molar refractivity (Wildman–Crippen MR) is 88.5 cm³/mol. The third-order valence-electron chi connectivity index (χ3n) is 3.06. The third-order valence-corrected chi connectivity index (χ3v) is 3.47. The monoisotopic (exact) mass is 305 g/mol. The molecule has 0 fully saturated rings. The third kappa shape index (κ3) is 4.58. The van der Waals surface area contributed by atoms with E-state index >= 15 is 0 Å². The normalized spacial score (nSPS) is 10.7. The summed E-state index contributed by atoms with van der Waals surface area (Å²) in [5.74, 6) is 1.54. The smallest absolute Gasteiger partial charge is 0.135 e. The van der Waals surface area contributed by atoms with Crippen LogP contribution in [0.3, 0.4) is 0 Å². The van der Waals surface area contributed by atoms with Gasteiger partial charge in [0.1, 0.15) is 18.0 Å². The first kappa shape index (κ1) is 15.5. The highest BCUT2D eigenvalue weighted by molar-refractivity contribution is 6.31. The van der Waals surface area contributed by atoms with Crippen molar-refractivity contribution in [3.8, 4) is 0 Å². The Bertz CT molecular complexity index is 600. The highest BCUT2D eigenvalue weighted by Gasteiger charge is 2.04. The first-order valence-corrected chi connectivity index (χ1v) is 7.17. The molecule has 0 saturated heterocycles. The number of halogens is 1. The molecule has 0 spiro atoms. The van der Waals surface area contributed by atoms with Gasteiger partial charge in [-0.3, -0.25) is 0 Å². The van der Waals surface area contributed by atoms with E-state index in [1.54, 1.807) is 6.33 Å². The number of hydrogen-bond donors (Lipinski definition) is 2. The molecule has 21 heavy (non-hydrogen) atoms. The molecule has 2 rings (SSSR count). The second-order valence-electron chi connectivity index (χ2n) is 5.06. The van der Waals surface area contributed by atoms with Crippen molar-refractivity contribution >= 4 is 28.9 Å². The van der Waals surface area contributed by atoms with Gasteiger partial charge in [0.15, 0.2) is 0 Å². The summed E-state index contributed by atoms with van der Waals surface area (Å²) in [5, 5.41) is 7.27. The first-order chi connectivity index (χ1) is 10.1. The summed E-state index contributed by atoms with van der Waals surface area (Å²) in [6, 6.07) is 7.64. The minimum atomic E-state index is 0.735. The van der Waals surface area contributed by atoms with E-state index in [0.29, 0.717) is 0 Å². The molecule has 6 heteroatoms. The maximum absolute atomic E-state index is 6.12. The van der Waals surface area contributed by atoms with E-state index < -0.39 is 0 Å². The van der Waals surface area contributed by atoms with Gasteiger partial charge in [0.2, 0.25) is 0 Å². The van der Waals surface area contributed by atoms with Gasteiger partial charge < -0.3 is 15.5 Å². The summed E-state index contributed by atoms with van der Waals surface area (Å²) in [7, 11) is 4.08. The van der Waals surface area contributed by atoms with Crippen molar-refractivity contribution in [3.63, 3.8) is 0 Å². The van der Waals surface area contributed by atoms with Gasteiger partial charge in [-0.1, -0.05) is 17.7 Å². The maximum atomic E-state index is 6.12. The number of rotatable bonds is 6. The van der Waals surface area contributed by atoms with Crippen molar-refractivity contribution in [2.75, 3.05) is 37.8 Å². The second kappa shape index (κ2) is 7.24. The molecule has 0 atom stereocenters. The Balaban J connectivity index is 2.05. The molecule has 0 aliphatic carbocycles. The van der Waals surface area contributed by atoms with Crippen LogP contribution >= 0.6 is 11.6 Å². The fourth-order valence-electron chi connectivity index (χ4n) is 1.81. The fourth-order valence-corrected chi connectivity index (χ4v) is 1.99. The van der Waals surface area contributed by atoms with Gasteiger partial charge in [0.25, 0.3) is 0 Å². The molecule has 1 heterocycles. The molecule has 2 N–H and O–H groups in total. The zero-order valence-corrected chi connectivity index (χ0v) is 13.3. The van der Waals surface area contributed by atoms with Gasteiger partial charge in [-0.05, 0) is 38.7 Å². The summed E-state index contributed by atoms with van der Waals surface area (Å²) >= 11 is 6.12. The average Bonchev–Trinajstić information content (AvgIpc) is 2.44. The molecule has 0 bridgehead atoms. The Morgan fingerprint density at radius 2 is 1.95 bits per heavy atom. The Labute approximate surface area is 130 Å². The molecule has 1 aromatic carbocycles. The van der Waals surface area contributed by atoms with Gasteiger partial charge in [-0.2, -0.15) is 0 Å². The fraction of sp³-hybridized carbons (Fsp3) is 0.333. The van der Waals surface area contributed by atoms with Crippen LogP contribution in [0, 0.1) is 6.92 Å². The number of benzene rings is 1. The lowest BCUT2D eigenvalue weighted by molar-refractivity contribution is 0.425. The Morgan fingerprint density at radius 1 is 1.19 bits per heavy atom. The summed E-state index contributed by atoms with van der Waals surface area (Å²) in [6.07, 6.45) is 1.54. The van der Waals surface area contributed by atoms with Crippen molar-refractivity contribution in [2.24, 2.45) is 0 Å². The van der Waals surface area contributed by atoms with Crippen LogP contribution in [0.25, 0.3) is 0 Å². The van der Waals surface area contributed by atoms with Crippen molar-refractivity contribution in [2.45, 2.75) is 6.92 Å². The molecule has 0 saturated carbocycles. The number of nitrogens with one attached hydrogen (secondary N) is 2. The molecule has 2 aromatic rings. The van der Waals surface area contributed by atoms with Crippen LogP contribution in [0.5, 0.6) is 0 Å². The van der Waals surface area contributed by atoms with E-state index in [2.05, 4.69) is 25.5 Å². The van der Waals surface area contributed by atoms with E-state index in [0.717, 1.165) is 41.0 Å². The summed E-state index contributed by atoms with van der Waals surface area (Å²) in [6.45, 7) is 3.75. The van der Waals surface area contributed by atoms with Crippen LogP contribution in [0.4, 0.5) is 17.3 Å². The van der Waals surface area contributed by atoms with Crippen LogP contribution in [0.2, 0.25) is 5.02 Å². The quantitative estimate of drug-likeness (QED) is 0.858. The van der Waals surface area contributed by atoms with Crippen LogP contribution < -0.4 is 10.6 Å². The van der Waals surface area contributed by atoms with Crippen LogP contribution in [-0.2, 0) is 0 Å². The van der Waals surface area contributed by atoms with Crippen LogP contribution in [-0.4, -0.2) is 42.1 Å². The highest BCUT2D eigenvalue weighted by atomic mass is 35.5. The minimum Gasteiger partial charge on any atom is -0.369 e. The van der Waals surface area contributed by atoms with Crippen molar-refractivity contribution in [1.29, 1.82) is 0 Å². The molecular formula is C15H20ClN5. The van der Waals surface area contributed by atoms with Gasteiger partial charge in [-0.25, -0.2) is 9.97 Å². The number of aromatic nitrogens is 2. The molecule has 0 amide bonds. The van der Waals surface area contributed by atoms with Crippen molar-refractivity contribution in [1.82, 2.24) is 14.9 Å². The van der Waals surface area contributed by atoms with E-state index in [-0.39, 0.29) is 0 Å². The molecule has 0 radical (unpaired) electrons. The molecule has 112 valence electrons. The highest BCUT2D eigenvalue weighted by Crippen LogP contribution is 2.25. The lowest BCUT2D eigenvalue weighted by Crippen LogP contribution is -2.21. The lowest BCUT2D eigenvalue weighted by Gasteiger charge is -2.12. The summed E-state index contributed by atoms with van der Waals surface area (Å²) in [4.78, 5) is 10.6. The Kier molecular flexibility index (Phi) is 5.36. The van der Waals surface area contributed by atoms with Crippen molar-refractivity contribution in [3.05, 3.63) is 41.2 Å². The zero-order chi connectivity index (χ0) is 15.2. The lowest BCUT2D eigenvalue weighted by atomic mass is 10.2. The number of hydrogen-bond acceptors (Lipinski definition) is 5. The largest absolute Gasteiger partial charge is 0.369 e.